The molecular weight excluding hydrogens is 1050 g/mol. The van der Waals surface area contributed by atoms with Crippen LogP contribution in [-0.2, 0) is 0 Å². The van der Waals surface area contributed by atoms with E-state index in [0.717, 1.165) is 118 Å². The molecule has 8 nitrogen and oxygen atoms in total. The number of hydrogen-bond acceptors (Lipinski definition) is 7. The number of para-hydroxylation sites is 3. The zero-order valence-corrected chi connectivity index (χ0v) is 48.4. The van der Waals surface area contributed by atoms with Gasteiger partial charge in [-0.3, -0.25) is 14.4 Å². The maximum atomic E-state index is 8.09. The fourth-order valence-electron chi connectivity index (χ4n) is 11.4. The zero-order valence-electron chi connectivity index (χ0n) is 48.4. The Labute approximate surface area is 504 Å². The molecule has 0 amide bonds. The average Bonchev–Trinajstić information content (AvgIpc) is 1.35. The topological polar surface area (TPSA) is 101 Å². The second-order valence-electron chi connectivity index (χ2n) is 20.7. The van der Waals surface area contributed by atoms with Crippen molar-refractivity contribution in [2.24, 2.45) is 15.7 Å². The molecule has 1 aromatic heterocycles. The van der Waals surface area contributed by atoms with Crippen LogP contribution in [0.5, 0.6) is 0 Å². The Balaban J connectivity index is 0.00000358. The van der Waals surface area contributed by atoms with Gasteiger partial charge < -0.3 is 11.5 Å². The van der Waals surface area contributed by atoms with Crippen molar-refractivity contribution in [3.05, 3.63) is 343 Å². The third kappa shape index (κ3) is 10.4. The summed E-state index contributed by atoms with van der Waals surface area (Å²) in [5, 5.41) is 0. The van der Waals surface area contributed by atoms with Gasteiger partial charge in [0.2, 0.25) is 0 Å². The van der Waals surface area contributed by atoms with Gasteiger partial charge in [-0.15, -0.1) is 0 Å². The van der Waals surface area contributed by atoms with Gasteiger partial charge in [0.15, 0.2) is 0 Å². The van der Waals surface area contributed by atoms with Crippen LogP contribution in [0.2, 0.25) is 0 Å². The molecule has 0 saturated heterocycles. The number of nitrogen functional groups attached to an aromatic ring is 1. The van der Waals surface area contributed by atoms with E-state index in [0.29, 0.717) is 34.4 Å². The predicted molar refractivity (Wildman–Crippen MR) is 361 cm³/mol. The second-order valence-corrected chi connectivity index (χ2v) is 20.7. The van der Waals surface area contributed by atoms with Crippen LogP contribution in [0.15, 0.2) is 303 Å². The molecule has 0 aliphatic carbocycles. The van der Waals surface area contributed by atoms with Gasteiger partial charge in [-0.1, -0.05) is 264 Å². The van der Waals surface area contributed by atoms with Crippen LogP contribution in [0.25, 0.3) is 73.7 Å². The second kappa shape index (κ2) is 24.2. The highest BCUT2D eigenvalue weighted by molar-refractivity contribution is 6.17. The summed E-state index contributed by atoms with van der Waals surface area (Å²) < 4.78 is 2.15. The largest absolute Gasteiger partial charge is 0.398 e. The van der Waals surface area contributed by atoms with Gasteiger partial charge in [0.25, 0.3) is 0 Å². The number of imidazole rings is 1. The van der Waals surface area contributed by atoms with E-state index in [2.05, 4.69) is 149 Å². The molecule has 4 N–H and O–H groups in total. The molecule has 0 atom stereocenters. The Morgan fingerprint density at radius 2 is 0.802 bits per heavy atom. The summed E-state index contributed by atoms with van der Waals surface area (Å²) in [7, 11) is 0. The minimum absolute atomic E-state index is 0.479. The fourth-order valence-corrected chi connectivity index (χ4v) is 11.4. The summed E-state index contributed by atoms with van der Waals surface area (Å²) in [4.78, 5) is 20.9. The lowest BCUT2D eigenvalue weighted by atomic mass is 9.91. The predicted octanol–water partition coefficient (Wildman–Crippen LogP) is 18.8. The molecule has 86 heavy (non-hydrogen) atoms. The van der Waals surface area contributed by atoms with E-state index in [-0.39, 0.29) is 0 Å². The number of nitrogens with two attached hydrogens (primary N) is 2. The molecule has 0 spiro atoms. The van der Waals surface area contributed by atoms with E-state index in [1.807, 2.05) is 159 Å². The molecule has 2 aliphatic heterocycles. The van der Waals surface area contributed by atoms with Gasteiger partial charge in [0.1, 0.15) is 17.5 Å². The molecule has 11 aromatic rings. The van der Waals surface area contributed by atoms with Gasteiger partial charge in [-0.05, 0) is 71.7 Å². The number of aliphatic imine (C=N–C) groups is 2. The first kappa shape index (κ1) is 55.2. The van der Waals surface area contributed by atoms with E-state index in [4.69, 9.17) is 46.2 Å². The first-order chi connectivity index (χ1) is 42.2. The minimum Gasteiger partial charge on any atom is -0.398 e. The number of benzene rings is 10. The number of nitrogens with zero attached hydrogens (tertiary/aromatic N) is 6. The Kier molecular flexibility index (Phi) is 15.6. The quantitative estimate of drug-likeness (QED) is 0.0885. The van der Waals surface area contributed by atoms with Gasteiger partial charge in [0.05, 0.1) is 39.9 Å². The van der Waals surface area contributed by atoms with Crippen LogP contribution in [0.1, 0.15) is 70.8 Å². The minimum atomic E-state index is 0.479. The van der Waals surface area contributed by atoms with E-state index < -0.39 is 0 Å². The molecule has 0 unspecified atom stereocenters. The van der Waals surface area contributed by atoms with E-state index in [1.54, 1.807) is 0 Å². The van der Waals surface area contributed by atoms with Crippen molar-refractivity contribution >= 4 is 68.5 Å². The van der Waals surface area contributed by atoms with Gasteiger partial charge >= 0.3 is 0 Å². The van der Waals surface area contributed by atoms with Crippen LogP contribution >= 0.6 is 0 Å². The maximum Gasteiger partial charge on any atom is 0.147 e. The third-order valence-electron chi connectivity index (χ3n) is 15.5. The summed E-state index contributed by atoms with van der Waals surface area (Å²) in [5.41, 5.74) is 34.5. The van der Waals surface area contributed by atoms with Crippen molar-refractivity contribution in [1.82, 2.24) is 19.4 Å². The highest BCUT2D eigenvalue weighted by atomic mass is 15.2. The molecule has 416 valence electrons. The first-order valence-corrected chi connectivity index (χ1v) is 28.9. The lowest BCUT2D eigenvalue weighted by Gasteiger charge is -2.36. The lowest BCUT2D eigenvalue weighted by Crippen LogP contribution is -2.32. The van der Waals surface area contributed by atoms with Crippen LogP contribution in [0.3, 0.4) is 0 Å². The standard InChI is InChI=1S/C76H58N8.C2H6/c1-50(71(55-31-13-6-14-32-55)83-52(3)63-41-24-27-45-67(63)79-74(83)58-37-19-9-20-38-58)60-47-61(69(78)72(56-33-15-7-16-34-56)84-53(4)64-42-25-28-46-68(64)80-75(84)59-39-21-10-22-40-59)49-62(48-60)70-73(57-35-17-8-18-36-57)82(51(2)54-29-11-5-12-30-54)76(81-70)65-43-23-26-44-66(65)77;1-2/h5-49H,2-4,77-78H2,1H3;1-2H3/b71-50+,72-69-;. The third-order valence-corrected chi connectivity index (χ3v) is 15.5. The van der Waals surface area contributed by atoms with Crippen molar-refractivity contribution in [3.63, 3.8) is 0 Å². The van der Waals surface area contributed by atoms with Crippen LogP contribution < -0.4 is 11.5 Å². The number of amidine groups is 2. The fraction of sp³-hybridized carbons (Fsp3) is 0.0385. The van der Waals surface area contributed by atoms with Gasteiger partial charge in [-0.25, -0.2) is 15.0 Å². The Hall–Kier alpha value is -11.4. The monoisotopic (exact) mass is 1110 g/mol. The Bertz CT molecular complexity index is 4290. The molecule has 0 bridgehead atoms. The number of hydrogen-bond donors (Lipinski definition) is 2. The van der Waals surface area contributed by atoms with Crippen molar-refractivity contribution in [3.8, 4) is 33.9 Å². The van der Waals surface area contributed by atoms with Gasteiger partial charge in [0, 0.05) is 72.8 Å². The Morgan fingerprint density at radius 1 is 0.407 bits per heavy atom. The SMILES string of the molecule is C=C1c2ccccc2N=C(c2ccccc2)N1/C(=C(\N)c1cc(/C(C)=C(\c2ccccc2)N2C(=C)c3ccccc3N=C2c2ccccc2)cc(-c2nc(-c3ccccc3N)n(C(=C)c3ccccc3)c2-c2ccccc2)c1)c1ccccc1.CC. The molecule has 13 rings (SSSR count). The molecule has 10 aromatic carbocycles. The summed E-state index contributed by atoms with van der Waals surface area (Å²) in [6.07, 6.45) is 0. The van der Waals surface area contributed by atoms with Crippen molar-refractivity contribution < 1.29 is 0 Å². The maximum absolute atomic E-state index is 8.09. The molecule has 0 radical (unpaired) electrons. The average molecular weight is 1110 g/mol. The molecular formula is C78H64N8. The number of anilines is 1. The number of aromatic nitrogens is 2. The van der Waals surface area contributed by atoms with E-state index >= 15 is 0 Å². The molecule has 0 fully saturated rings. The van der Waals surface area contributed by atoms with E-state index in [9.17, 15) is 0 Å². The van der Waals surface area contributed by atoms with Crippen molar-refractivity contribution in [2.75, 3.05) is 5.73 Å². The summed E-state index contributed by atoms with van der Waals surface area (Å²) in [6.45, 7) is 20.7. The summed E-state index contributed by atoms with van der Waals surface area (Å²) >= 11 is 0. The lowest BCUT2D eigenvalue weighted by molar-refractivity contribution is 0.812. The first-order valence-electron chi connectivity index (χ1n) is 28.9. The van der Waals surface area contributed by atoms with Crippen LogP contribution in [-0.4, -0.2) is 31.0 Å². The molecule has 3 heterocycles. The number of fused-ring (bicyclic) bond motifs is 2. The van der Waals surface area contributed by atoms with Crippen LogP contribution in [0, 0.1) is 0 Å². The smallest absolute Gasteiger partial charge is 0.147 e. The van der Waals surface area contributed by atoms with Gasteiger partial charge in [-0.2, -0.15) is 0 Å². The zero-order chi connectivity index (χ0) is 59.3. The van der Waals surface area contributed by atoms with Crippen molar-refractivity contribution in [2.45, 2.75) is 20.8 Å². The molecule has 2 aliphatic rings. The molecule has 0 saturated carbocycles. The van der Waals surface area contributed by atoms with Crippen molar-refractivity contribution in [1.29, 1.82) is 0 Å². The highest BCUT2D eigenvalue weighted by Crippen LogP contribution is 2.47. The summed E-state index contributed by atoms with van der Waals surface area (Å²) in [5.74, 6) is 2.06. The Morgan fingerprint density at radius 3 is 1.30 bits per heavy atom. The highest BCUT2D eigenvalue weighted by Gasteiger charge is 2.34. The van der Waals surface area contributed by atoms with Crippen LogP contribution in [0.4, 0.5) is 17.1 Å². The normalized spacial score (nSPS) is 13.2. The number of rotatable bonds is 13. The van der Waals surface area contributed by atoms with E-state index in [1.165, 1.54) is 0 Å². The number of allylic oxidation sites excluding steroid dienone is 1. The molecule has 8 heteroatoms. The summed E-state index contributed by atoms with van der Waals surface area (Å²) in [6, 6.07) is 92.6.